The van der Waals surface area contributed by atoms with E-state index in [2.05, 4.69) is 13.8 Å². The Kier molecular flexibility index (Phi) is 5.16. The van der Waals surface area contributed by atoms with Crippen LogP contribution in [0.3, 0.4) is 0 Å². The molecule has 3 nitrogen and oxygen atoms in total. The van der Waals surface area contributed by atoms with Crippen LogP contribution in [0.5, 0.6) is 0 Å². The molecule has 1 aromatic rings. The molecule has 0 aliphatic carbocycles. The number of nitrogens with zero attached hydrogens (tertiary/aromatic N) is 1. The summed E-state index contributed by atoms with van der Waals surface area (Å²) in [7, 11) is 0. The SMILES string of the molecule is CCC(C)N(CC)C(=O)[C@@H](N)c1ccccc1. The lowest BCUT2D eigenvalue weighted by Crippen LogP contribution is -2.43. The lowest BCUT2D eigenvalue weighted by Gasteiger charge is -2.29. The van der Waals surface area contributed by atoms with E-state index in [1.807, 2.05) is 42.2 Å². The van der Waals surface area contributed by atoms with Crippen molar-refractivity contribution in [1.29, 1.82) is 0 Å². The van der Waals surface area contributed by atoms with Gasteiger partial charge in [-0.1, -0.05) is 37.3 Å². The van der Waals surface area contributed by atoms with Gasteiger partial charge in [-0.3, -0.25) is 4.79 Å². The van der Waals surface area contributed by atoms with E-state index in [4.69, 9.17) is 5.73 Å². The first-order valence-electron chi connectivity index (χ1n) is 6.22. The van der Waals surface area contributed by atoms with Crippen LogP contribution in [-0.2, 0) is 4.79 Å². The molecule has 1 unspecified atom stereocenters. The van der Waals surface area contributed by atoms with Gasteiger partial charge in [0.2, 0.25) is 5.91 Å². The van der Waals surface area contributed by atoms with E-state index in [1.165, 1.54) is 0 Å². The zero-order valence-corrected chi connectivity index (χ0v) is 10.9. The Labute approximate surface area is 104 Å². The van der Waals surface area contributed by atoms with Crippen LogP contribution in [0, 0.1) is 0 Å². The number of nitrogens with two attached hydrogens (primary N) is 1. The van der Waals surface area contributed by atoms with Crippen molar-refractivity contribution >= 4 is 5.91 Å². The molecular weight excluding hydrogens is 212 g/mol. The van der Waals surface area contributed by atoms with Crippen molar-refractivity contribution in [3.63, 3.8) is 0 Å². The third-order valence-electron chi connectivity index (χ3n) is 3.17. The summed E-state index contributed by atoms with van der Waals surface area (Å²) in [5.41, 5.74) is 6.89. The van der Waals surface area contributed by atoms with Gasteiger partial charge in [0.25, 0.3) is 0 Å². The molecule has 0 spiro atoms. The van der Waals surface area contributed by atoms with Gasteiger partial charge in [-0.2, -0.15) is 0 Å². The van der Waals surface area contributed by atoms with Gasteiger partial charge in [0.15, 0.2) is 0 Å². The van der Waals surface area contributed by atoms with Gasteiger partial charge in [-0.15, -0.1) is 0 Å². The highest BCUT2D eigenvalue weighted by atomic mass is 16.2. The average Bonchev–Trinajstić information content (AvgIpc) is 2.39. The minimum Gasteiger partial charge on any atom is -0.339 e. The summed E-state index contributed by atoms with van der Waals surface area (Å²) in [4.78, 5) is 14.1. The van der Waals surface area contributed by atoms with Crippen LogP contribution in [0.4, 0.5) is 0 Å². The highest BCUT2D eigenvalue weighted by molar-refractivity contribution is 5.83. The Morgan fingerprint density at radius 2 is 1.88 bits per heavy atom. The topological polar surface area (TPSA) is 46.3 Å². The quantitative estimate of drug-likeness (QED) is 0.850. The Bertz CT molecular complexity index is 350. The number of carbonyl (C=O) groups is 1. The molecule has 17 heavy (non-hydrogen) atoms. The summed E-state index contributed by atoms with van der Waals surface area (Å²) >= 11 is 0. The second-order valence-corrected chi connectivity index (χ2v) is 4.27. The standard InChI is InChI=1S/C14H22N2O/c1-4-11(3)16(5-2)14(17)13(15)12-9-7-6-8-10-12/h6-11,13H,4-5,15H2,1-3H3/t11?,13-/m0/s1. The number of rotatable bonds is 5. The summed E-state index contributed by atoms with van der Waals surface area (Å²) in [5, 5.41) is 0. The molecule has 0 aliphatic heterocycles. The molecule has 0 fully saturated rings. The molecule has 0 heterocycles. The molecule has 3 heteroatoms. The number of hydrogen-bond donors (Lipinski definition) is 1. The van der Waals surface area contributed by atoms with Crippen molar-refractivity contribution < 1.29 is 4.79 Å². The van der Waals surface area contributed by atoms with Crippen molar-refractivity contribution in [2.45, 2.75) is 39.3 Å². The Hall–Kier alpha value is -1.35. The Balaban J connectivity index is 2.81. The van der Waals surface area contributed by atoms with Crippen molar-refractivity contribution in [3.8, 4) is 0 Å². The van der Waals surface area contributed by atoms with Crippen LogP contribution < -0.4 is 5.73 Å². The predicted octanol–water partition coefficient (Wildman–Crippen LogP) is 2.33. The fourth-order valence-electron chi connectivity index (χ4n) is 1.89. The van der Waals surface area contributed by atoms with Crippen LogP contribution >= 0.6 is 0 Å². The largest absolute Gasteiger partial charge is 0.339 e. The van der Waals surface area contributed by atoms with Crippen LogP contribution in [0.1, 0.15) is 38.8 Å². The van der Waals surface area contributed by atoms with E-state index >= 15 is 0 Å². The average molecular weight is 234 g/mol. The van der Waals surface area contributed by atoms with E-state index in [1.54, 1.807) is 0 Å². The van der Waals surface area contributed by atoms with Crippen molar-refractivity contribution in [2.75, 3.05) is 6.54 Å². The minimum absolute atomic E-state index is 0.00745. The maximum absolute atomic E-state index is 12.3. The Morgan fingerprint density at radius 1 is 1.29 bits per heavy atom. The lowest BCUT2D eigenvalue weighted by molar-refractivity contribution is -0.134. The molecule has 0 radical (unpaired) electrons. The second kappa shape index (κ2) is 6.40. The molecule has 0 aliphatic rings. The number of benzene rings is 1. The molecule has 2 N–H and O–H groups in total. The number of hydrogen-bond acceptors (Lipinski definition) is 2. The van der Waals surface area contributed by atoms with Crippen LogP contribution in [0.25, 0.3) is 0 Å². The molecule has 0 saturated carbocycles. The van der Waals surface area contributed by atoms with Gasteiger partial charge in [-0.25, -0.2) is 0 Å². The minimum atomic E-state index is -0.551. The lowest BCUT2D eigenvalue weighted by atomic mass is 10.1. The van der Waals surface area contributed by atoms with Gasteiger partial charge in [0, 0.05) is 12.6 Å². The zero-order valence-electron chi connectivity index (χ0n) is 10.9. The summed E-state index contributed by atoms with van der Waals surface area (Å²) < 4.78 is 0. The van der Waals surface area contributed by atoms with Crippen molar-refractivity contribution in [1.82, 2.24) is 4.90 Å². The highest BCUT2D eigenvalue weighted by Gasteiger charge is 2.23. The van der Waals surface area contributed by atoms with Gasteiger partial charge >= 0.3 is 0 Å². The van der Waals surface area contributed by atoms with Crippen LogP contribution in [-0.4, -0.2) is 23.4 Å². The van der Waals surface area contributed by atoms with E-state index in [0.29, 0.717) is 6.54 Å². The Morgan fingerprint density at radius 3 is 2.35 bits per heavy atom. The maximum atomic E-state index is 12.3. The van der Waals surface area contributed by atoms with Crippen LogP contribution in [0.15, 0.2) is 30.3 Å². The van der Waals surface area contributed by atoms with Crippen molar-refractivity contribution in [2.24, 2.45) is 5.73 Å². The summed E-state index contributed by atoms with van der Waals surface area (Å²) in [6.07, 6.45) is 0.946. The van der Waals surface area contributed by atoms with Crippen LogP contribution in [0.2, 0.25) is 0 Å². The van der Waals surface area contributed by atoms with Gasteiger partial charge in [0.05, 0.1) is 0 Å². The monoisotopic (exact) mass is 234 g/mol. The molecule has 1 aromatic carbocycles. The third-order valence-corrected chi connectivity index (χ3v) is 3.17. The third kappa shape index (κ3) is 3.30. The first-order valence-corrected chi connectivity index (χ1v) is 6.22. The summed E-state index contributed by atoms with van der Waals surface area (Å²) in [6, 6.07) is 9.21. The zero-order chi connectivity index (χ0) is 12.8. The number of carbonyl (C=O) groups excluding carboxylic acids is 1. The van der Waals surface area contributed by atoms with Gasteiger partial charge in [0.1, 0.15) is 6.04 Å². The van der Waals surface area contributed by atoms with Crippen molar-refractivity contribution in [3.05, 3.63) is 35.9 Å². The van der Waals surface area contributed by atoms with E-state index in [-0.39, 0.29) is 11.9 Å². The first-order chi connectivity index (χ1) is 8.11. The molecular formula is C14H22N2O. The molecule has 2 atom stereocenters. The second-order valence-electron chi connectivity index (χ2n) is 4.27. The van der Waals surface area contributed by atoms with E-state index in [9.17, 15) is 4.79 Å². The first kappa shape index (κ1) is 13.7. The molecule has 0 saturated heterocycles. The smallest absolute Gasteiger partial charge is 0.244 e. The van der Waals surface area contributed by atoms with Gasteiger partial charge < -0.3 is 10.6 Å². The maximum Gasteiger partial charge on any atom is 0.244 e. The normalized spacial score (nSPS) is 14.1. The molecule has 94 valence electrons. The fourth-order valence-corrected chi connectivity index (χ4v) is 1.89. The molecule has 1 amide bonds. The number of likely N-dealkylation sites (N-methyl/N-ethyl adjacent to an activating group) is 1. The fraction of sp³-hybridized carbons (Fsp3) is 0.500. The summed E-state index contributed by atoms with van der Waals surface area (Å²) in [6.45, 7) is 6.82. The van der Waals surface area contributed by atoms with E-state index < -0.39 is 6.04 Å². The molecule has 1 rings (SSSR count). The highest BCUT2D eigenvalue weighted by Crippen LogP contribution is 2.15. The predicted molar refractivity (Wildman–Crippen MR) is 70.5 cm³/mol. The number of amides is 1. The molecule has 0 aromatic heterocycles. The van der Waals surface area contributed by atoms with E-state index in [0.717, 1.165) is 12.0 Å². The van der Waals surface area contributed by atoms with Gasteiger partial charge in [-0.05, 0) is 25.8 Å². The molecule has 0 bridgehead atoms. The summed E-state index contributed by atoms with van der Waals surface area (Å²) in [5.74, 6) is 0.00745.